The highest BCUT2D eigenvalue weighted by Gasteiger charge is 2.58. The first-order valence-electron chi connectivity index (χ1n) is 9.14. The number of hydrogen-bond donors (Lipinski definition) is 2. The van der Waals surface area contributed by atoms with Crippen molar-refractivity contribution in [1.29, 1.82) is 0 Å². The molecule has 0 bridgehead atoms. The zero-order valence-electron chi connectivity index (χ0n) is 15.7. The molecule has 0 aromatic heterocycles. The highest BCUT2D eigenvalue weighted by molar-refractivity contribution is 5.95. The second-order valence-electron chi connectivity index (χ2n) is 8.11. The number of rotatable bonds is 5. The van der Waals surface area contributed by atoms with Gasteiger partial charge in [-0.15, -0.1) is 0 Å². The molecule has 2 aliphatic rings. The Morgan fingerprint density at radius 2 is 2.12 bits per heavy atom. The highest BCUT2D eigenvalue weighted by atomic mass is 16.5. The summed E-state index contributed by atoms with van der Waals surface area (Å²) < 4.78 is 5.19. The van der Waals surface area contributed by atoms with Crippen LogP contribution in [-0.2, 0) is 11.3 Å². The summed E-state index contributed by atoms with van der Waals surface area (Å²) in [4.78, 5) is 15.1. The molecule has 2 N–H and O–H groups in total. The lowest BCUT2D eigenvalue weighted by molar-refractivity contribution is -0.0827. The number of methoxy groups -OCH3 is 1. The Bertz CT molecular complexity index is 628. The van der Waals surface area contributed by atoms with Gasteiger partial charge in [0, 0.05) is 30.7 Å². The molecule has 1 aromatic rings. The van der Waals surface area contributed by atoms with Gasteiger partial charge in [0.25, 0.3) is 5.91 Å². The summed E-state index contributed by atoms with van der Waals surface area (Å²) in [5, 5.41) is 13.7. The van der Waals surface area contributed by atoms with Crippen LogP contribution in [0.15, 0.2) is 24.3 Å². The third-order valence-corrected chi connectivity index (χ3v) is 5.88. The summed E-state index contributed by atoms with van der Waals surface area (Å²) in [6, 6.07) is 7.77. The quantitative estimate of drug-likeness (QED) is 0.857. The molecule has 1 aliphatic carbocycles. The van der Waals surface area contributed by atoms with Gasteiger partial charge < -0.3 is 20.1 Å². The average Bonchev–Trinajstić information content (AvgIpc) is 2.84. The van der Waals surface area contributed by atoms with Crippen LogP contribution in [0, 0.1) is 11.3 Å². The molecule has 138 valence electrons. The van der Waals surface area contributed by atoms with Crippen LogP contribution in [0.25, 0.3) is 0 Å². The number of hydrogen-bond acceptors (Lipinski definition) is 4. The topological polar surface area (TPSA) is 61.8 Å². The number of ether oxygens (including phenoxy) is 1. The molecule has 1 spiro atoms. The van der Waals surface area contributed by atoms with E-state index in [0.717, 1.165) is 24.9 Å². The predicted molar refractivity (Wildman–Crippen MR) is 97.3 cm³/mol. The number of nitrogens with zero attached hydrogens (tertiary/aromatic N) is 1. The van der Waals surface area contributed by atoms with E-state index in [1.165, 1.54) is 0 Å². The molecule has 2 fully saturated rings. The molecule has 1 aliphatic heterocycles. The lowest BCUT2D eigenvalue weighted by Crippen LogP contribution is -2.64. The van der Waals surface area contributed by atoms with Crippen molar-refractivity contribution in [1.82, 2.24) is 10.2 Å². The summed E-state index contributed by atoms with van der Waals surface area (Å²) in [5.41, 5.74) is 1.63. The van der Waals surface area contributed by atoms with Crippen LogP contribution in [0.3, 0.4) is 0 Å². The number of carbonyl (C=O) groups is 1. The van der Waals surface area contributed by atoms with E-state index in [2.05, 4.69) is 31.1 Å². The molecule has 5 nitrogen and oxygen atoms in total. The molecule has 1 heterocycles. The smallest absolute Gasteiger partial charge is 0.251 e. The largest absolute Gasteiger partial charge is 0.391 e. The van der Waals surface area contributed by atoms with Crippen molar-refractivity contribution in [3.63, 3.8) is 0 Å². The summed E-state index contributed by atoms with van der Waals surface area (Å²) in [6.45, 7) is 5.88. The second-order valence-corrected chi connectivity index (χ2v) is 8.11. The van der Waals surface area contributed by atoms with Gasteiger partial charge in [-0.2, -0.15) is 0 Å². The maximum absolute atomic E-state index is 12.8. The van der Waals surface area contributed by atoms with E-state index in [4.69, 9.17) is 4.74 Å². The minimum atomic E-state index is -0.478. The van der Waals surface area contributed by atoms with E-state index in [0.29, 0.717) is 24.1 Å². The normalized spacial score (nSPS) is 32.2. The number of carbonyl (C=O) groups excluding carboxylic acids is 1. The Hall–Kier alpha value is -1.43. The average molecular weight is 346 g/mol. The van der Waals surface area contributed by atoms with Gasteiger partial charge >= 0.3 is 0 Å². The van der Waals surface area contributed by atoms with Gasteiger partial charge in [-0.25, -0.2) is 0 Å². The fourth-order valence-corrected chi connectivity index (χ4v) is 5.26. The SMILES string of the molecule is COCc1ccccc1C(=O)N[C@@H]1CC2(C[C@H]1O)CN(C)C2C(C)C. The van der Waals surface area contributed by atoms with Crippen LogP contribution >= 0.6 is 0 Å². The number of amides is 1. The second kappa shape index (κ2) is 7.06. The Balaban J connectivity index is 1.71. The van der Waals surface area contributed by atoms with E-state index in [1.807, 2.05) is 24.3 Å². The number of benzene rings is 1. The number of nitrogens with one attached hydrogen (secondary N) is 1. The minimum Gasteiger partial charge on any atom is -0.391 e. The first-order chi connectivity index (χ1) is 11.9. The summed E-state index contributed by atoms with van der Waals surface area (Å²) >= 11 is 0. The van der Waals surface area contributed by atoms with Gasteiger partial charge in [0.05, 0.1) is 18.8 Å². The predicted octanol–water partition coefficient (Wildman–Crippen LogP) is 2.04. The van der Waals surface area contributed by atoms with Crippen LogP contribution in [0.5, 0.6) is 0 Å². The molecule has 1 saturated carbocycles. The van der Waals surface area contributed by atoms with Crippen molar-refractivity contribution in [2.45, 2.75) is 51.5 Å². The van der Waals surface area contributed by atoms with Gasteiger partial charge in [0.2, 0.25) is 0 Å². The Morgan fingerprint density at radius 3 is 2.76 bits per heavy atom. The van der Waals surface area contributed by atoms with Gasteiger partial charge in [0.15, 0.2) is 0 Å². The maximum atomic E-state index is 12.8. The molecule has 4 atom stereocenters. The Morgan fingerprint density at radius 1 is 1.40 bits per heavy atom. The first-order valence-corrected chi connectivity index (χ1v) is 9.14. The van der Waals surface area contributed by atoms with E-state index >= 15 is 0 Å². The zero-order chi connectivity index (χ0) is 18.2. The molecule has 25 heavy (non-hydrogen) atoms. The third-order valence-electron chi connectivity index (χ3n) is 5.88. The summed E-state index contributed by atoms with van der Waals surface area (Å²) in [5.74, 6) is 0.422. The zero-order valence-corrected chi connectivity index (χ0v) is 15.7. The number of aliphatic hydroxyl groups is 1. The highest BCUT2D eigenvalue weighted by Crippen LogP contribution is 2.52. The van der Waals surface area contributed by atoms with Crippen LogP contribution in [0.1, 0.15) is 42.6 Å². The fourth-order valence-electron chi connectivity index (χ4n) is 5.26. The van der Waals surface area contributed by atoms with Crippen LogP contribution in [0.4, 0.5) is 0 Å². The molecular weight excluding hydrogens is 316 g/mol. The third kappa shape index (κ3) is 3.33. The van der Waals surface area contributed by atoms with Gasteiger partial charge in [0.1, 0.15) is 0 Å². The molecule has 1 saturated heterocycles. The van der Waals surface area contributed by atoms with Crippen molar-refractivity contribution in [3.8, 4) is 0 Å². The maximum Gasteiger partial charge on any atom is 0.251 e. The summed E-state index contributed by atoms with van der Waals surface area (Å²) in [6.07, 6.45) is 1.14. The lowest BCUT2D eigenvalue weighted by Gasteiger charge is -2.57. The molecule has 3 rings (SSSR count). The van der Waals surface area contributed by atoms with Crippen LogP contribution in [-0.4, -0.2) is 54.8 Å². The van der Waals surface area contributed by atoms with Crippen molar-refractivity contribution in [2.75, 3.05) is 20.7 Å². The monoisotopic (exact) mass is 346 g/mol. The van der Waals surface area contributed by atoms with E-state index < -0.39 is 6.10 Å². The summed E-state index contributed by atoms with van der Waals surface area (Å²) in [7, 11) is 3.77. The molecule has 5 heteroatoms. The van der Waals surface area contributed by atoms with E-state index in [-0.39, 0.29) is 17.4 Å². The van der Waals surface area contributed by atoms with E-state index in [9.17, 15) is 9.90 Å². The van der Waals surface area contributed by atoms with Crippen molar-refractivity contribution >= 4 is 5.91 Å². The van der Waals surface area contributed by atoms with Crippen molar-refractivity contribution in [3.05, 3.63) is 35.4 Å². The van der Waals surface area contributed by atoms with Crippen LogP contribution in [0.2, 0.25) is 0 Å². The van der Waals surface area contributed by atoms with Crippen molar-refractivity contribution in [2.24, 2.45) is 11.3 Å². The molecule has 1 amide bonds. The lowest BCUT2D eigenvalue weighted by atomic mass is 9.66. The molecule has 0 radical (unpaired) electrons. The first kappa shape index (κ1) is 18.4. The van der Waals surface area contributed by atoms with E-state index in [1.54, 1.807) is 7.11 Å². The number of likely N-dealkylation sites (tertiary alicyclic amines) is 1. The number of aliphatic hydroxyl groups excluding tert-OH is 1. The van der Waals surface area contributed by atoms with Crippen molar-refractivity contribution < 1.29 is 14.6 Å². The molecule has 2 unspecified atom stereocenters. The standard InChI is InChI=1S/C20H30N2O3/c1-13(2)18-20(12-22(18)3)9-16(17(23)10-20)21-19(24)15-8-6-5-7-14(15)11-25-4/h5-8,13,16-18,23H,9-12H2,1-4H3,(H,21,24)/t16-,17-,18?,20?/m1/s1. The Kier molecular flexibility index (Phi) is 5.19. The van der Waals surface area contributed by atoms with Gasteiger partial charge in [-0.3, -0.25) is 4.79 Å². The molecular formula is C20H30N2O3. The van der Waals surface area contributed by atoms with Gasteiger partial charge in [-0.1, -0.05) is 32.0 Å². The molecule has 1 aromatic carbocycles. The van der Waals surface area contributed by atoms with Crippen LogP contribution < -0.4 is 5.32 Å². The van der Waals surface area contributed by atoms with Gasteiger partial charge in [-0.05, 0) is 37.4 Å². The fraction of sp³-hybridized carbons (Fsp3) is 0.650. The minimum absolute atomic E-state index is 0.123. The Labute approximate surface area is 150 Å².